The number of ether oxygens (including phenoxy) is 3. The van der Waals surface area contributed by atoms with Crippen molar-refractivity contribution in [1.82, 2.24) is 0 Å². The van der Waals surface area contributed by atoms with Crippen LogP contribution in [0.2, 0.25) is 0 Å². The number of anilines is 2. The van der Waals surface area contributed by atoms with Crippen LogP contribution in [0, 0.1) is 0 Å². The van der Waals surface area contributed by atoms with Gasteiger partial charge in [-0.15, -0.1) is 0 Å². The second kappa shape index (κ2) is 7.88. The molecule has 1 fully saturated rings. The van der Waals surface area contributed by atoms with Gasteiger partial charge in [-0.2, -0.15) is 0 Å². The molecule has 27 heavy (non-hydrogen) atoms. The summed E-state index contributed by atoms with van der Waals surface area (Å²) in [5, 5.41) is 2.96. The minimum absolute atomic E-state index is 0.115. The summed E-state index contributed by atoms with van der Waals surface area (Å²) in [5.74, 6) is 1.45. The van der Waals surface area contributed by atoms with Gasteiger partial charge in [0.05, 0.1) is 20.3 Å². The molecule has 1 N–H and O–H groups in total. The molecule has 0 spiro atoms. The Morgan fingerprint density at radius 1 is 1.15 bits per heavy atom. The van der Waals surface area contributed by atoms with Crippen molar-refractivity contribution in [1.29, 1.82) is 0 Å². The first kappa shape index (κ1) is 17.7. The third kappa shape index (κ3) is 4.01. The molecule has 0 saturated carbocycles. The lowest BCUT2D eigenvalue weighted by atomic mass is 10.0. The van der Waals surface area contributed by atoms with Crippen molar-refractivity contribution in [2.24, 2.45) is 0 Å². The van der Waals surface area contributed by atoms with Crippen LogP contribution in [0.5, 0.6) is 11.5 Å². The molecule has 0 radical (unpaired) electrons. The molecule has 2 aliphatic rings. The third-order valence-corrected chi connectivity index (χ3v) is 5.02. The number of benzene rings is 2. The van der Waals surface area contributed by atoms with E-state index in [-0.39, 0.29) is 5.91 Å². The number of morpholine rings is 1. The second-order valence-corrected chi connectivity index (χ2v) is 6.75. The number of rotatable bonds is 4. The van der Waals surface area contributed by atoms with Crippen molar-refractivity contribution in [2.75, 3.05) is 43.6 Å². The van der Waals surface area contributed by atoms with Crippen molar-refractivity contribution in [3.05, 3.63) is 48.0 Å². The summed E-state index contributed by atoms with van der Waals surface area (Å²) >= 11 is 0. The van der Waals surface area contributed by atoms with Crippen LogP contribution in [0.1, 0.15) is 12.0 Å². The molecule has 0 aromatic heterocycles. The highest BCUT2D eigenvalue weighted by Gasteiger charge is 2.26. The lowest BCUT2D eigenvalue weighted by molar-refractivity contribution is -0.123. The van der Waals surface area contributed by atoms with Crippen molar-refractivity contribution in [3.8, 4) is 11.5 Å². The first-order chi connectivity index (χ1) is 13.2. The molecule has 142 valence electrons. The molecule has 1 atom stereocenters. The van der Waals surface area contributed by atoms with Gasteiger partial charge >= 0.3 is 0 Å². The van der Waals surface area contributed by atoms with Crippen LogP contribution >= 0.6 is 0 Å². The van der Waals surface area contributed by atoms with Gasteiger partial charge in [0.2, 0.25) is 0 Å². The number of amides is 1. The van der Waals surface area contributed by atoms with Gasteiger partial charge in [0, 0.05) is 24.5 Å². The Morgan fingerprint density at radius 3 is 2.67 bits per heavy atom. The molecule has 1 amide bonds. The Bertz CT molecular complexity index is 800. The Labute approximate surface area is 159 Å². The van der Waals surface area contributed by atoms with Crippen molar-refractivity contribution >= 4 is 17.3 Å². The Hall–Kier alpha value is -2.73. The average Bonchev–Trinajstić information content (AvgIpc) is 2.74. The van der Waals surface area contributed by atoms with Crippen LogP contribution in [0.25, 0.3) is 0 Å². The summed E-state index contributed by atoms with van der Waals surface area (Å²) in [5.41, 5.74) is 3.00. The molecule has 4 rings (SSSR count). The number of nitrogens with one attached hydrogen (secondary N) is 1. The highest BCUT2D eigenvalue weighted by atomic mass is 16.5. The molecule has 6 heteroatoms. The van der Waals surface area contributed by atoms with E-state index in [2.05, 4.69) is 10.2 Å². The molecule has 2 aromatic rings. The van der Waals surface area contributed by atoms with Gasteiger partial charge in [0.15, 0.2) is 6.10 Å². The first-order valence-electron chi connectivity index (χ1n) is 9.30. The van der Waals surface area contributed by atoms with E-state index >= 15 is 0 Å². The van der Waals surface area contributed by atoms with E-state index in [1.165, 1.54) is 0 Å². The van der Waals surface area contributed by atoms with Gasteiger partial charge < -0.3 is 24.4 Å². The van der Waals surface area contributed by atoms with Gasteiger partial charge in [0.25, 0.3) is 5.91 Å². The standard InChI is InChI=1S/C21H24N2O4/c1-25-18-7-9-19-15(14-18)2-8-20(27-19)21(24)22-16-3-5-17(6-4-16)23-10-12-26-13-11-23/h3-7,9,14,20H,2,8,10-13H2,1H3,(H,22,24). The minimum atomic E-state index is -0.482. The number of methoxy groups -OCH3 is 1. The second-order valence-electron chi connectivity index (χ2n) is 6.75. The quantitative estimate of drug-likeness (QED) is 0.899. The van der Waals surface area contributed by atoms with E-state index in [0.717, 1.165) is 61.2 Å². The third-order valence-electron chi connectivity index (χ3n) is 5.02. The fraction of sp³-hybridized carbons (Fsp3) is 0.381. The first-order valence-corrected chi connectivity index (χ1v) is 9.30. The maximum absolute atomic E-state index is 12.6. The van der Waals surface area contributed by atoms with Crippen LogP contribution in [0.3, 0.4) is 0 Å². The maximum Gasteiger partial charge on any atom is 0.265 e. The smallest absolute Gasteiger partial charge is 0.265 e. The lowest BCUT2D eigenvalue weighted by Gasteiger charge is -2.29. The zero-order chi connectivity index (χ0) is 18.6. The van der Waals surface area contributed by atoms with Crippen LogP contribution in [-0.2, 0) is 16.0 Å². The lowest BCUT2D eigenvalue weighted by Crippen LogP contribution is -2.36. The zero-order valence-electron chi connectivity index (χ0n) is 15.4. The number of nitrogens with zero attached hydrogens (tertiary/aromatic N) is 1. The number of hydrogen-bond donors (Lipinski definition) is 1. The van der Waals surface area contributed by atoms with Crippen LogP contribution in [0.4, 0.5) is 11.4 Å². The van der Waals surface area contributed by atoms with Crippen molar-refractivity contribution < 1.29 is 19.0 Å². The maximum atomic E-state index is 12.6. The number of fused-ring (bicyclic) bond motifs is 1. The summed E-state index contributed by atoms with van der Waals surface area (Å²) in [6.07, 6.45) is 0.961. The molecular weight excluding hydrogens is 344 g/mol. The molecule has 1 unspecified atom stereocenters. The molecule has 1 saturated heterocycles. The highest BCUT2D eigenvalue weighted by molar-refractivity contribution is 5.94. The summed E-state index contributed by atoms with van der Waals surface area (Å²) in [4.78, 5) is 14.9. The highest BCUT2D eigenvalue weighted by Crippen LogP contribution is 2.31. The number of aryl methyl sites for hydroxylation is 1. The summed E-state index contributed by atoms with van der Waals surface area (Å²) < 4.78 is 16.5. The molecule has 0 aliphatic carbocycles. The van der Waals surface area contributed by atoms with Gasteiger partial charge in [-0.3, -0.25) is 4.79 Å². The largest absolute Gasteiger partial charge is 0.497 e. The fourth-order valence-corrected chi connectivity index (χ4v) is 3.48. The van der Waals surface area contributed by atoms with Gasteiger partial charge in [-0.25, -0.2) is 0 Å². The normalized spacial score (nSPS) is 19.0. The average molecular weight is 368 g/mol. The minimum Gasteiger partial charge on any atom is -0.497 e. The number of hydrogen-bond acceptors (Lipinski definition) is 5. The van der Waals surface area contributed by atoms with Crippen LogP contribution in [-0.4, -0.2) is 45.4 Å². The Kier molecular flexibility index (Phi) is 5.16. The molecule has 2 heterocycles. The zero-order valence-corrected chi connectivity index (χ0v) is 15.4. The fourth-order valence-electron chi connectivity index (χ4n) is 3.48. The van der Waals surface area contributed by atoms with Crippen LogP contribution < -0.4 is 19.7 Å². The Balaban J connectivity index is 1.37. The summed E-state index contributed by atoms with van der Waals surface area (Å²) in [6.45, 7) is 3.30. The Morgan fingerprint density at radius 2 is 1.93 bits per heavy atom. The van der Waals surface area contributed by atoms with Gasteiger partial charge in [0.1, 0.15) is 11.5 Å². The molecule has 6 nitrogen and oxygen atoms in total. The van der Waals surface area contributed by atoms with Crippen molar-refractivity contribution in [2.45, 2.75) is 18.9 Å². The van der Waals surface area contributed by atoms with E-state index in [4.69, 9.17) is 14.2 Å². The van der Waals surface area contributed by atoms with Gasteiger partial charge in [-0.1, -0.05) is 0 Å². The van der Waals surface area contributed by atoms with E-state index in [1.807, 2.05) is 42.5 Å². The van der Waals surface area contributed by atoms with E-state index in [1.54, 1.807) is 7.11 Å². The SMILES string of the molecule is COc1ccc2c(c1)CCC(C(=O)Nc1ccc(N3CCOCC3)cc1)O2. The molecule has 2 aromatic carbocycles. The molecule has 2 aliphatic heterocycles. The number of carbonyl (C=O) groups is 1. The summed E-state index contributed by atoms with van der Waals surface area (Å²) in [6, 6.07) is 13.6. The van der Waals surface area contributed by atoms with E-state index < -0.39 is 6.10 Å². The number of carbonyl (C=O) groups excluding carboxylic acids is 1. The van der Waals surface area contributed by atoms with Gasteiger partial charge in [-0.05, 0) is 60.9 Å². The van der Waals surface area contributed by atoms with E-state index in [0.29, 0.717) is 6.42 Å². The molecular formula is C21H24N2O4. The predicted molar refractivity (Wildman–Crippen MR) is 104 cm³/mol. The predicted octanol–water partition coefficient (Wildman–Crippen LogP) is 2.86. The van der Waals surface area contributed by atoms with Crippen LogP contribution in [0.15, 0.2) is 42.5 Å². The topological polar surface area (TPSA) is 60.0 Å². The van der Waals surface area contributed by atoms with Crippen molar-refractivity contribution in [3.63, 3.8) is 0 Å². The summed E-state index contributed by atoms with van der Waals surface area (Å²) in [7, 11) is 1.64. The molecule has 0 bridgehead atoms. The monoisotopic (exact) mass is 368 g/mol. The van der Waals surface area contributed by atoms with E-state index in [9.17, 15) is 4.79 Å².